The SMILES string of the molecule is COC(=O)c1ccc2c(c1)S(=O)(=O)CC(=O)N2. The summed E-state index contributed by atoms with van der Waals surface area (Å²) in [5.41, 5.74) is 0.319. The second kappa shape index (κ2) is 3.85. The Bertz CT molecular complexity index is 605. The van der Waals surface area contributed by atoms with Crippen molar-refractivity contribution in [1.29, 1.82) is 0 Å². The predicted molar refractivity (Wildman–Crippen MR) is 58.5 cm³/mol. The second-order valence-corrected chi connectivity index (χ2v) is 5.47. The molecule has 0 saturated carbocycles. The van der Waals surface area contributed by atoms with Crippen LogP contribution in [-0.4, -0.2) is 33.2 Å². The monoisotopic (exact) mass is 255 g/mol. The van der Waals surface area contributed by atoms with Gasteiger partial charge in [-0.15, -0.1) is 0 Å². The summed E-state index contributed by atoms with van der Waals surface area (Å²) in [6.07, 6.45) is 0. The Labute approximate surface area is 97.5 Å². The number of methoxy groups -OCH3 is 1. The van der Waals surface area contributed by atoms with Gasteiger partial charge in [0.15, 0.2) is 9.84 Å². The Morgan fingerprint density at radius 2 is 2.12 bits per heavy atom. The molecule has 0 aromatic heterocycles. The van der Waals surface area contributed by atoms with Gasteiger partial charge in [0.2, 0.25) is 5.91 Å². The molecule has 1 aromatic carbocycles. The number of benzene rings is 1. The van der Waals surface area contributed by atoms with Crippen LogP contribution in [0.3, 0.4) is 0 Å². The van der Waals surface area contributed by atoms with E-state index < -0.39 is 27.5 Å². The van der Waals surface area contributed by atoms with Gasteiger partial charge in [-0.2, -0.15) is 0 Å². The van der Waals surface area contributed by atoms with Crippen molar-refractivity contribution in [2.45, 2.75) is 4.90 Å². The van der Waals surface area contributed by atoms with Crippen LogP contribution in [-0.2, 0) is 19.4 Å². The number of fused-ring (bicyclic) bond motifs is 1. The number of amides is 1. The maximum atomic E-state index is 11.7. The van der Waals surface area contributed by atoms with Gasteiger partial charge in [0, 0.05) is 0 Å². The van der Waals surface area contributed by atoms with Crippen LogP contribution in [0.15, 0.2) is 23.1 Å². The number of carbonyl (C=O) groups is 2. The number of ether oxygens (including phenoxy) is 1. The molecule has 0 radical (unpaired) electrons. The number of nitrogens with one attached hydrogen (secondary N) is 1. The summed E-state index contributed by atoms with van der Waals surface area (Å²) in [6.45, 7) is 0. The lowest BCUT2D eigenvalue weighted by atomic mass is 10.2. The molecule has 7 heteroatoms. The maximum absolute atomic E-state index is 11.7. The minimum Gasteiger partial charge on any atom is -0.465 e. The topological polar surface area (TPSA) is 89.5 Å². The summed E-state index contributed by atoms with van der Waals surface area (Å²) in [6, 6.07) is 3.97. The number of hydrogen-bond acceptors (Lipinski definition) is 5. The van der Waals surface area contributed by atoms with Crippen LogP contribution in [0.1, 0.15) is 10.4 Å². The van der Waals surface area contributed by atoms with Gasteiger partial charge in [-0.1, -0.05) is 0 Å². The molecule has 0 atom stereocenters. The van der Waals surface area contributed by atoms with E-state index >= 15 is 0 Å². The molecule has 0 aliphatic carbocycles. The molecule has 0 saturated heterocycles. The number of esters is 1. The molecular weight excluding hydrogens is 246 g/mol. The molecule has 1 aliphatic rings. The summed E-state index contributed by atoms with van der Waals surface area (Å²) in [7, 11) is -2.47. The van der Waals surface area contributed by atoms with Crippen molar-refractivity contribution < 1.29 is 22.7 Å². The molecule has 0 fully saturated rings. The Balaban J connectivity index is 2.59. The first kappa shape index (κ1) is 11.6. The van der Waals surface area contributed by atoms with Crippen molar-refractivity contribution in [3.05, 3.63) is 23.8 Å². The van der Waals surface area contributed by atoms with E-state index in [0.717, 1.165) is 0 Å². The zero-order valence-electron chi connectivity index (χ0n) is 8.89. The van der Waals surface area contributed by atoms with Gasteiger partial charge in [-0.3, -0.25) is 4.79 Å². The fourth-order valence-electron chi connectivity index (χ4n) is 1.56. The average Bonchev–Trinajstić information content (AvgIpc) is 2.26. The highest BCUT2D eigenvalue weighted by molar-refractivity contribution is 7.92. The molecule has 0 bridgehead atoms. The largest absolute Gasteiger partial charge is 0.465 e. The molecule has 17 heavy (non-hydrogen) atoms. The third-order valence-electron chi connectivity index (χ3n) is 2.33. The van der Waals surface area contributed by atoms with Crippen molar-refractivity contribution in [2.24, 2.45) is 0 Å². The standard InChI is InChI=1S/C10H9NO5S/c1-16-10(13)6-2-3-7-8(4-6)17(14,15)5-9(12)11-7/h2-4H,5H2,1H3,(H,11,12). The molecule has 0 unspecified atom stereocenters. The van der Waals surface area contributed by atoms with Gasteiger partial charge >= 0.3 is 5.97 Å². The average molecular weight is 255 g/mol. The van der Waals surface area contributed by atoms with Crippen LogP contribution in [0.5, 0.6) is 0 Å². The van der Waals surface area contributed by atoms with Crippen LogP contribution < -0.4 is 5.32 Å². The van der Waals surface area contributed by atoms with E-state index in [2.05, 4.69) is 10.1 Å². The maximum Gasteiger partial charge on any atom is 0.337 e. The summed E-state index contributed by atoms with van der Waals surface area (Å²) < 4.78 is 28.0. The lowest BCUT2D eigenvalue weighted by Gasteiger charge is -2.17. The molecule has 1 N–H and O–H groups in total. The first-order chi connectivity index (χ1) is 7.94. The summed E-state index contributed by atoms with van der Waals surface area (Å²) >= 11 is 0. The molecule has 1 aromatic rings. The molecule has 1 amide bonds. The van der Waals surface area contributed by atoms with Crippen LogP contribution in [0.2, 0.25) is 0 Å². The zero-order valence-corrected chi connectivity index (χ0v) is 9.71. The van der Waals surface area contributed by atoms with E-state index in [4.69, 9.17) is 0 Å². The molecule has 2 rings (SSSR count). The minimum atomic E-state index is -3.68. The first-order valence-corrected chi connectivity index (χ1v) is 6.34. The third kappa shape index (κ3) is 2.01. The molecule has 1 heterocycles. The Kier molecular flexibility index (Phi) is 2.62. The van der Waals surface area contributed by atoms with Crippen LogP contribution in [0, 0.1) is 0 Å². The third-order valence-corrected chi connectivity index (χ3v) is 3.98. The van der Waals surface area contributed by atoms with Gasteiger partial charge in [-0.05, 0) is 18.2 Å². The molecular formula is C10H9NO5S. The second-order valence-electron chi connectivity index (χ2n) is 3.51. The van der Waals surface area contributed by atoms with E-state index in [1.54, 1.807) is 0 Å². The van der Waals surface area contributed by atoms with Crippen molar-refractivity contribution in [3.63, 3.8) is 0 Å². The molecule has 0 spiro atoms. The van der Waals surface area contributed by atoms with E-state index in [1.807, 2.05) is 0 Å². The Hall–Kier alpha value is -1.89. The zero-order chi connectivity index (χ0) is 12.6. The fraction of sp³-hybridized carbons (Fsp3) is 0.200. The van der Waals surface area contributed by atoms with Crippen molar-refractivity contribution in [3.8, 4) is 0 Å². The van der Waals surface area contributed by atoms with Crippen LogP contribution >= 0.6 is 0 Å². The quantitative estimate of drug-likeness (QED) is 0.724. The molecule has 6 nitrogen and oxygen atoms in total. The number of carbonyl (C=O) groups excluding carboxylic acids is 2. The van der Waals surface area contributed by atoms with Crippen molar-refractivity contribution in [1.82, 2.24) is 0 Å². The lowest BCUT2D eigenvalue weighted by Crippen LogP contribution is -2.29. The van der Waals surface area contributed by atoms with Gasteiger partial charge < -0.3 is 10.1 Å². The number of rotatable bonds is 1. The van der Waals surface area contributed by atoms with Gasteiger partial charge in [0.05, 0.1) is 23.3 Å². The van der Waals surface area contributed by atoms with Crippen LogP contribution in [0.4, 0.5) is 5.69 Å². The summed E-state index contributed by atoms with van der Waals surface area (Å²) in [5.74, 6) is -1.81. The van der Waals surface area contributed by atoms with Crippen LogP contribution in [0.25, 0.3) is 0 Å². The van der Waals surface area contributed by atoms with E-state index in [0.29, 0.717) is 0 Å². The molecule has 90 valence electrons. The predicted octanol–water partition coefficient (Wildman–Crippen LogP) is 0.199. The van der Waals surface area contributed by atoms with E-state index in [9.17, 15) is 18.0 Å². The van der Waals surface area contributed by atoms with Gasteiger partial charge in [0.25, 0.3) is 0 Å². The highest BCUT2D eigenvalue weighted by atomic mass is 32.2. The highest BCUT2D eigenvalue weighted by Crippen LogP contribution is 2.27. The van der Waals surface area contributed by atoms with Gasteiger partial charge in [0.1, 0.15) is 5.75 Å². The van der Waals surface area contributed by atoms with E-state index in [-0.39, 0.29) is 16.1 Å². The van der Waals surface area contributed by atoms with Gasteiger partial charge in [-0.25, -0.2) is 13.2 Å². The lowest BCUT2D eigenvalue weighted by molar-refractivity contribution is -0.114. The fourth-order valence-corrected chi connectivity index (χ4v) is 2.90. The molecule has 1 aliphatic heterocycles. The first-order valence-electron chi connectivity index (χ1n) is 4.69. The Morgan fingerprint density at radius 1 is 1.41 bits per heavy atom. The highest BCUT2D eigenvalue weighted by Gasteiger charge is 2.29. The normalized spacial score (nSPS) is 16.9. The van der Waals surface area contributed by atoms with Crippen molar-refractivity contribution in [2.75, 3.05) is 18.2 Å². The summed E-state index contributed by atoms with van der Waals surface area (Å²) in [4.78, 5) is 22.3. The number of sulfone groups is 1. The van der Waals surface area contributed by atoms with E-state index in [1.165, 1.54) is 25.3 Å². The minimum absolute atomic E-state index is 0.0556. The number of anilines is 1. The Morgan fingerprint density at radius 3 is 2.76 bits per heavy atom. The summed E-state index contributed by atoms with van der Waals surface area (Å²) in [5, 5.41) is 2.43. The smallest absolute Gasteiger partial charge is 0.337 e. The number of hydrogen-bond donors (Lipinski definition) is 1. The van der Waals surface area contributed by atoms with Crippen molar-refractivity contribution >= 4 is 27.4 Å².